The van der Waals surface area contributed by atoms with E-state index < -0.39 is 18.7 Å². The first-order valence-corrected chi connectivity index (χ1v) is 5.34. The van der Waals surface area contributed by atoms with Gasteiger partial charge in [-0.25, -0.2) is 0 Å². The molecule has 1 nitrogen and oxygen atoms in total. The van der Waals surface area contributed by atoms with Gasteiger partial charge in [-0.15, -0.1) is 0 Å². The molecule has 0 heterocycles. The van der Waals surface area contributed by atoms with Crippen molar-refractivity contribution >= 4 is 6.08 Å². The Balaban J connectivity index is 2.57. The van der Waals surface area contributed by atoms with E-state index in [0.717, 1.165) is 11.1 Å². The number of aliphatic hydroxyl groups is 1. The maximum Gasteiger partial charge on any atom is 0.394 e. The van der Waals surface area contributed by atoms with E-state index in [2.05, 4.69) is 0 Å². The fourth-order valence-corrected chi connectivity index (χ4v) is 1.36. The van der Waals surface area contributed by atoms with Crippen LogP contribution in [0.1, 0.15) is 17.5 Å². The van der Waals surface area contributed by atoms with Gasteiger partial charge in [-0.1, -0.05) is 42.0 Å². The van der Waals surface area contributed by atoms with Gasteiger partial charge in [-0.2, -0.15) is 13.2 Å². The SMILES string of the molecule is Cc1ccc(/C=C/CC(CO)C(F)(F)F)cc1. The van der Waals surface area contributed by atoms with Crippen molar-refractivity contribution in [3.63, 3.8) is 0 Å². The zero-order chi connectivity index (χ0) is 12.9. The summed E-state index contributed by atoms with van der Waals surface area (Å²) >= 11 is 0. The highest BCUT2D eigenvalue weighted by Gasteiger charge is 2.37. The van der Waals surface area contributed by atoms with E-state index in [-0.39, 0.29) is 6.42 Å². The lowest BCUT2D eigenvalue weighted by Gasteiger charge is -2.15. The van der Waals surface area contributed by atoms with Crippen molar-refractivity contribution in [1.29, 1.82) is 0 Å². The number of alkyl halides is 3. The van der Waals surface area contributed by atoms with Crippen molar-refractivity contribution in [2.24, 2.45) is 5.92 Å². The van der Waals surface area contributed by atoms with Gasteiger partial charge >= 0.3 is 6.18 Å². The summed E-state index contributed by atoms with van der Waals surface area (Å²) in [6, 6.07) is 7.47. The summed E-state index contributed by atoms with van der Waals surface area (Å²) in [6.45, 7) is 1.07. The molecule has 0 saturated carbocycles. The zero-order valence-electron chi connectivity index (χ0n) is 9.54. The molecule has 0 aliphatic carbocycles. The second kappa shape index (κ2) is 5.87. The van der Waals surface area contributed by atoms with E-state index >= 15 is 0 Å². The molecule has 4 heteroatoms. The highest BCUT2D eigenvalue weighted by molar-refractivity contribution is 5.49. The Morgan fingerprint density at radius 2 is 1.82 bits per heavy atom. The topological polar surface area (TPSA) is 20.2 Å². The molecule has 0 amide bonds. The van der Waals surface area contributed by atoms with Gasteiger partial charge in [-0.3, -0.25) is 0 Å². The van der Waals surface area contributed by atoms with E-state index in [4.69, 9.17) is 5.11 Å². The average molecular weight is 244 g/mol. The van der Waals surface area contributed by atoms with E-state index in [0.29, 0.717) is 0 Å². The van der Waals surface area contributed by atoms with Crippen LogP contribution in [0, 0.1) is 12.8 Å². The van der Waals surface area contributed by atoms with Crippen LogP contribution >= 0.6 is 0 Å². The molecular weight excluding hydrogens is 229 g/mol. The molecule has 0 aliphatic rings. The van der Waals surface area contributed by atoms with E-state index in [9.17, 15) is 13.2 Å². The third kappa shape index (κ3) is 4.61. The van der Waals surface area contributed by atoms with Gasteiger partial charge in [0.15, 0.2) is 0 Å². The summed E-state index contributed by atoms with van der Waals surface area (Å²) in [5, 5.41) is 8.64. The first-order valence-electron chi connectivity index (χ1n) is 5.34. The number of benzene rings is 1. The van der Waals surface area contributed by atoms with Crippen LogP contribution < -0.4 is 0 Å². The Morgan fingerprint density at radius 3 is 2.29 bits per heavy atom. The van der Waals surface area contributed by atoms with Gasteiger partial charge in [0.1, 0.15) is 0 Å². The fraction of sp³-hybridized carbons (Fsp3) is 0.385. The first kappa shape index (κ1) is 13.8. The molecular formula is C13H15F3O. The molecule has 1 N–H and O–H groups in total. The molecule has 0 saturated heterocycles. The van der Waals surface area contributed by atoms with Gasteiger partial charge in [0.2, 0.25) is 0 Å². The highest BCUT2D eigenvalue weighted by atomic mass is 19.4. The molecule has 94 valence electrons. The largest absolute Gasteiger partial charge is 0.396 e. The van der Waals surface area contributed by atoms with Crippen molar-refractivity contribution < 1.29 is 18.3 Å². The summed E-state index contributed by atoms with van der Waals surface area (Å²) in [7, 11) is 0. The first-order chi connectivity index (χ1) is 7.93. The summed E-state index contributed by atoms with van der Waals surface area (Å²) in [4.78, 5) is 0. The lowest BCUT2D eigenvalue weighted by atomic mass is 10.0. The lowest BCUT2D eigenvalue weighted by Crippen LogP contribution is -2.25. The van der Waals surface area contributed by atoms with Crippen LogP contribution in [0.25, 0.3) is 6.08 Å². The van der Waals surface area contributed by atoms with Crippen LogP contribution in [0.15, 0.2) is 30.3 Å². The normalized spacial score (nSPS) is 14.2. The Bertz CT molecular complexity index is 365. The quantitative estimate of drug-likeness (QED) is 0.858. The molecule has 0 aliphatic heterocycles. The Labute approximate surface area is 98.6 Å². The number of allylic oxidation sites excluding steroid dienone is 1. The molecule has 0 spiro atoms. The van der Waals surface area contributed by atoms with Crippen LogP contribution in [-0.4, -0.2) is 17.9 Å². The second-order valence-corrected chi connectivity index (χ2v) is 3.97. The van der Waals surface area contributed by atoms with Crippen molar-refractivity contribution in [2.45, 2.75) is 19.5 Å². The third-order valence-corrected chi connectivity index (χ3v) is 2.49. The molecule has 1 unspecified atom stereocenters. The van der Waals surface area contributed by atoms with Gasteiger partial charge in [0, 0.05) is 0 Å². The number of aliphatic hydroxyl groups excluding tert-OH is 1. The van der Waals surface area contributed by atoms with Crippen LogP contribution in [-0.2, 0) is 0 Å². The molecule has 1 rings (SSSR count). The van der Waals surface area contributed by atoms with E-state index in [1.165, 1.54) is 6.08 Å². The molecule has 0 fully saturated rings. The van der Waals surface area contributed by atoms with Crippen LogP contribution in [0.5, 0.6) is 0 Å². The standard InChI is InChI=1S/C13H15F3O/c1-10-5-7-11(8-6-10)3-2-4-12(9-17)13(14,15)16/h2-3,5-8,12,17H,4,9H2,1H3/b3-2+. The van der Waals surface area contributed by atoms with Crippen molar-refractivity contribution in [2.75, 3.05) is 6.61 Å². The van der Waals surface area contributed by atoms with Gasteiger partial charge < -0.3 is 5.11 Å². The van der Waals surface area contributed by atoms with Crippen LogP contribution in [0.2, 0.25) is 0 Å². The van der Waals surface area contributed by atoms with Crippen molar-refractivity contribution in [3.05, 3.63) is 41.5 Å². The minimum Gasteiger partial charge on any atom is -0.396 e. The molecule has 0 bridgehead atoms. The maximum absolute atomic E-state index is 12.3. The lowest BCUT2D eigenvalue weighted by molar-refractivity contribution is -0.182. The molecule has 0 radical (unpaired) electrons. The van der Waals surface area contributed by atoms with Gasteiger partial charge in [-0.05, 0) is 18.9 Å². The summed E-state index contributed by atoms with van der Waals surface area (Å²) in [5.74, 6) is -1.68. The predicted octanol–water partition coefficient (Wildman–Crippen LogP) is 3.57. The van der Waals surface area contributed by atoms with Crippen molar-refractivity contribution in [3.8, 4) is 0 Å². The Kier molecular flexibility index (Phi) is 4.75. The zero-order valence-corrected chi connectivity index (χ0v) is 9.54. The fourth-order valence-electron chi connectivity index (χ4n) is 1.36. The number of hydrogen-bond acceptors (Lipinski definition) is 1. The Morgan fingerprint density at radius 1 is 1.24 bits per heavy atom. The maximum atomic E-state index is 12.3. The number of rotatable bonds is 4. The highest BCUT2D eigenvalue weighted by Crippen LogP contribution is 2.28. The van der Waals surface area contributed by atoms with Crippen LogP contribution in [0.3, 0.4) is 0 Å². The molecule has 1 aromatic rings. The number of aryl methyl sites for hydroxylation is 1. The predicted molar refractivity (Wildman–Crippen MR) is 61.5 cm³/mol. The van der Waals surface area contributed by atoms with E-state index in [1.807, 2.05) is 31.2 Å². The summed E-state index contributed by atoms with van der Waals surface area (Å²) in [6.07, 6.45) is -1.47. The van der Waals surface area contributed by atoms with Gasteiger partial charge in [0.05, 0.1) is 12.5 Å². The Hall–Kier alpha value is -1.29. The number of hydrogen-bond donors (Lipinski definition) is 1. The van der Waals surface area contributed by atoms with Crippen molar-refractivity contribution in [1.82, 2.24) is 0 Å². The van der Waals surface area contributed by atoms with E-state index in [1.54, 1.807) is 6.08 Å². The third-order valence-electron chi connectivity index (χ3n) is 2.49. The molecule has 1 atom stereocenters. The minimum atomic E-state index is -4.34. The molecule has 1 aromatic carbocycles. The summed E-state index contributed by atoms with van der Waals surface area (Å²) in [5.41, 5.74) is 1.96. The summed E-state index contributed by atoms with van der Waals surface area (Å²) < 4.78 is 36.9. The van der Waals surface area contributed by atoms with Gasteiger partial charge in [0.25, 0.3) is 0 Å². The minimum absolute atomic E-state index is 0.201. The monoisotopic (exact) mass is 244 g/mol. The second-order valence-electron chi connectivity index (χ2n) is 3.97. The molecule has 17 heavy (non-hydrogen) atoms. The number of halogens is 3. The molecule has 0 aromatic heterocycles. The van der Waals surface area contributed by atoms with Crippen LogP contribution in [0.4, 0.5) is 13.2 Å². The smallest absolute Gasteiger partial charge is 0.394 e. The average Bonchev–Trinajstić information content (AvgIpc) is 2.25.